The van der Waals surface area contributed by atoms with Crippen LogP contribution in [0.15, 0.2) is 65.8 Å². The van der Waals surface area contributed by atoms with Crippen LogP contribution in [0.3, 0.4) is 0 Å². The van der Waals surface area contributed by atoms with Gasteiger partial charge in [0.15, 0.2) is 0 Å². The predicted octanol–water partition coefficient (Wildman–Crippen LogP) is 6.60. The lowest BCUT2D eigenvalue weighted by Gasteiger charge is -2.22. The Bertz CT molecular complexity index is 1300. The zero-order chi connectivity index (χ0) is 22.8. The first-order valence-electron chi connectivity index (χ1n) is 11.6. The summed E-state index contributed by atoms with van der Waals surface area (Å²) in [6.45, 7) is 3.90. The van der Waals surface area contributed by atoms with E-state index in [9.17, 15) is 4.79 Å². The van der Waals surface area contributed by atoms with Crippen LogP contribution in [0.25, 0.3) is 15.9 Å². The van der Waals surface area contributed by atoms with Crippen LogP contribution >= 0.6 is 11.3 Å². The summed E-state index contributed by atoms with van der Waals surface area (Å²) < 4.78 is 1.90. The van der Waals surface area contributed by atoms with Crippen molar-refractivity contribution in [1.29, 1.82) is 0 Å². The Morgan fingerprint density at radius 1 is 1.06 bits per heavy atom. The van der Waals surface area contributed by atoms with E-state index in [0.717, 1.165) is 32.9 Å². The third-order valence-electron chi connectivity index (χ3n) is 6.50. The van der Waals surface area contributed by atoms with Crippen molar-refractivity contribution in [2.24, 2.45) is 5.10 Å². The molecule has 1 aliphatic rings. The van der Waals surface area contributed by atoms with Gasteiger partial charge >= 0.3 is 0 Å². The Balaban J connectivity index is 1.31. The molecular weight excluding hydrogens is 428 g/mol. The molecule has 6 heteroatoms. The molecule has 0 spiro atoms. The molecular formula is C27H28N4OS. The van der Waals surface area contributed by atoms with Crippen molar-refractivity contribution in [3.05, 3.63) is 82.4 Å². The van der Waals surface area contributed by atoms with Crippen LogP contribution in [0.4, 0.5) is 0 Å². The van der Waals surface area contributed by atoms with Crippen LogP contribution < -0.4 is 5.43 Å². The van der Waals surface area contributed by atoms with Crippen LogP contribution in [0.5, 0.6) is 0 Å². The van der Waals surface area contributed by atoms with Gasteiger partial charge in [-0.3, -0.25) is 4.79 Å². The van der Waals surface area contributed by atoms with E-state index in [0.29, 0.717) is 10.8 Å². The Hall–Kier alpha value is -3.25. The second-order valence-corrected chi connectivity index (χ2v) is 9.79. The van der Waals surface area contributed by atoms with E-state index in [1.807, 2.05) is 54.9 Å². The highest BCUT2D eigenvalue weighted by Gasteiger charge is 2.18. The van der Waals surface area contributed by atoms with Crippen molar-refractivity contribution in [3.63, 3.8) is 0 Å². The number of hydrogen-bond acceptors (Lipinski definition) is 4. The average molecular weight is 457 g/mol. The van der Waals surface area contributed by atoms with Gasteiger partial charge in [0, 0.05) is 5.39 Å². The maximum atomic E-state index is 12.8. The summed E-state index contributed by atoms with van der Waals surface area (Å²) in [5, 5.41) is 10.0. The number of amides is 1. The lowest BCUT2D eigenvalue weighted by atomic mass is 9.84. The van der Waals surface area contributed by atoms with Crippen molar-refractivity contribution < 1.29 is 4.79 Å². The van der Waals surface area contributed by atoms with E-state index in [4.69, 9.17) is 0 Å². The number of nitrogens with one attached hydrogen (secondary N) is 1. The van der Waals surface area contributed by atoms with E-state index >= 15 is 0 Å². The molecule has 0 saturated heterocycles. The molecule has 1 amide bonds. The second-order valence-electron chi connectivity index (χ2n) is 8.76. The molecule has 1 saturated carbocycles. The van der Waals surface area contributed by atoms with E-state index in [1.165, 1.54) is 49.0 Å². The van der Waals surface area contributed by atoms with Gasteiger partial charge in [0.1, 0.15) is 4.83 Å². The first kappa shape index (κ1) is 21.6. The van der Waals surface area contributed by atoms with Crippen LogP contribution in [0, 0.1) is 6.92 Å². The highest BCUT2D eigenvalue weighted by Crippen LogP contribution is 2.33. The van der Waals surface area contributed by atoms with Gasteiger partial charge in [-0.05, 0) is 61.9 Å². The highest BCUT2D eigenvalue weighted by molar-refractivity contribution is 7.20. The average Bonchev–Trinajstić information content (AvgIpc) is 3.44. The summed E-state index contributed by atoms with van der Waals surface area (Å²) >= 11 is 1.43. The van der Waals surface area contributed by atoms with Crippen LogP contribution in [-0.2, 0) is 0 Å². The maximum Gasteiger partial charge on any atom is 0.281 e. The number of aryl methyl sites for hydroxylation is 1. The molecule has 5 nitrogen and oxygen atoms in total. The number of nitrogens with zero attached hydrogens (tertiary/aromatic N) is 3. The lowest BCUT2D eigenvalue weighted by molar-refractivity contribution is 0.0959. The number of hydrogen-bond donors (Lipinski definition) is 1. The fourth-order valence-electron chi connectivity index (χ4n) is 4.59. The third-order valence-corrected chi connectivity index (χ3v) is 7.61. The molecule has 1 N–H and O–H groups in total. The fourth-order valence-corrected chi connectivity index (χ4v) is 5.66. The molecule has 0 bridgehead atoms. The molecule has 0 unspecified atom stereocenters. The number of rotatable bonds is 5. The van der Waals surface area contributed by atoms with Gasteiger partial charge in [-0.1, -0.05) is 61.7 Å². The molecule has 1 fully saturated rings. The molecule has 5 rings (SSSR count). The molecule has 33 heavy (non-hydrogen) atoms. The van der Waals surface area contributed by atoms with E-state index in [1.54, 1.807) is 0 Å². The standard InChI is InChI=1S/C27H28N4OS/c1-18(20-13-15-22(16-14-20)21-9-5-3-6-10-21)28-29-26(32)25-17-24-19(2)30-31(27(24)33-25)23-11-7-4-8-12-23/h4,7-8,11-17,21H,3,5-6,9-10H2,1-2H3,(H,29,32)/b28-18+. The van der Waals surface area contributed by atoms with E-state index < -0.39 is 0 Å². The summed E-state index contributed by atoms with van der Waals surface area (Å²) in [6.07, 6.45) is 6.61. The maximum absolute atomic E-state index is 12.8. The molecule has 0 aliphatic heterocycles. The third kappa shape index (κ3) is 4.48. The normalized spacial score (nSPS) is 15.2. The van der Waals surface area contributed by atoms with Crippen molar-refractivity contribution in [2.45, 2.75) is 51.9 Å². The number of para-hydroxylation sites is 1. The Morgan fingerprint density at radius 2 is 1.79 bits per heavy atom. The minimum absolute atomic E-state index is 0.201. The first-order valence-corrected chi connectivity index (χ1v) is 12.4. The molecule has 168 valence electrons. The smallest absolute Gasteiger partial charge is 0.266 e. The molecule has 2 aromatic carbocycles. The van der Waals surface area contributed by atoms with Gasteiger partial charge in [-0.2, -0.15) is 10.2 Å². The minimum atomic E-state index is -0.201. The summed E-state index contributed by atoms with van der Waals surface area (Å²) in [4.78, 5) is 14.4. The lowest BCUT2D eigenvalue weighted by Crippen LogP contribution is -2.18. The molecule has 2 heterocycles. The summed E-state index contributed by atoms with van der Waals surface area (Å²) in [7, 11) is 0. The van der Waals surface area contributed by atoms with Gasteiger partial charge in [0.25, 0.3) is 5.91 Å². The number of benzene rings is 2. The summed E-state index contributed by atoms with van der Waals surface area (Å²) in [6, 6.07) is 20.5. The van der Waals surface area contributed by atoms with Gasteiger partial charge in [-0.25, -0.2) is 10.1 Å². The van der Waals surface area contributed by atoms with Crippen LogP contribution in [-0.4, -0.2) is 21.4 Å². The number of thiophene rings is 1. The van der Waals surface area contributed by atoms with Crippen molar-refractivity contribution in [1.82, 2.24) is 15.2 Å². The Kier molecular flexibility index (Phi) is 6.09. The van der Waals surface area contributed by atoms with E-state index in [2.05, 4.69) is 39.9 Å². The van der Waals surface area contributed by atoms with Crippen molar-refractivity contribution >= 4 is 33.2 Å². The SMILES string of the molecule is C/C(=N\NC(=O)c1cc2c(C)nn(-c3ccccc3)c2s1)c1ccc(C2CCCCC2)cc1. The quantitative estimate of drug-likeness (QED) is 0.272. The number of aromatic nitrogens is 2. The van der Waals surface area contributed by atoms with Gasteiger partial charge < -0.3 is 0 Å². The Labute approximate surface area is 198 Å². The molecule has 4 aromatic rings. The molecule has 2 aromatic heterocycles. The number of hydrazone groups is 1. The van der Waals surface area contributed by atoms with Crippen LogP contribution in [0.2, 0.25) is 0 Å². The highest BCUT2D eigenvalue weighted by atomic mass is 32.1. The molecule has 0 atom stereocenters. The monoisotopic (exact) mass is 456 g/mol. The topological polar surface area (TPSA) is 59.3 Å². The summed E-state index contributed by atoms with van der Waals surface area (Å²) in [5.74, 6) is 0.487. The Morgan fingerprint density at radius 3 is 2.52 bits per heavy atom. The number of fused-ring (bicyclic) bond motifs is 1. The van der Waals surface area contributed by atoms with Gasteiger partial charge in [0.2, 0.25) is 0 Å². The van der Waals surface area contributed by atoms with E-state index in [-0.39, 0.29) is 5.91 Å². The fraction of sp³-hybridized carbons (Fsp3) is 0.296. The van der Waals surface area contributed by atoms with Crippen LogP contribution in [0.1, 0.15) is 71.4 Å². The number of carbonyl (C=O) groups is 1. The van der Waals surface area contributed by atoms with Crippen molar-refractivity contribution in [2.75, 3.05) is 0 Å². The zero-order valence-corrected chi connectivity index (χ0v) is 19.9. The second kappa shape index (κ2) is 9.32. The summed E-state index contributed by atoms with van der Waals surface area (Å²) in [5.41, 5.74) is 7.87. The largest absolute Gasteiger partial charge is 0.281 e. The number of carbonyl (C=O) groups excluding carboxylic acids is 1. The zero-order valence-electron chi connectivity index (χ0n) is 19.0. The first-order chi connectivity index (χ1) is 16.1. The van der Waals surface area contributed by atoms with Crippen molar-refractivity contribution in [3.8, 4) is 5.69 Å². The van der Waals surface area contributed by atoms with Gasteiger partial charge in [-0.15, -0.1) is 11.3 Å². The van der Waals surface area contributed by atoms with Gasteiger partial charge in [0.05, 0.1) is 22.0 Å². The minimum Gasteiger partial charge on any atom is -0.266 e. The molecule has 0 radical (unpaired) electrons. The predicted molar refractivity (Wildman–Crippen MR) is 136 cm³/mol. The molecule has 1 aliphatic carbocycles.